The van der Waals surface area contributed by atoms with Crippen LogP contribution < -0.4 is 5.32 Å². The Bertz CT molecular complexity index is 698. The van der Waals surface area contributed by atoms with Gasteiger partial charge in [-0.2, -0.15) is 0 Å². The van der Waals surface area contributed by atoms with Crippen molar-refractivity contribution in [1.82, 2.24) is 4.98 Å². The summed E-state index contributed by atoms with van der Waals surface area (Å²) >= 11 is 1.76. The van der Waals surface area contributed by atoms with Crippen LogP contribution in [0, 0.1) is 13.8 Å². The lowest BCUT2D eigenvalue weighted by Crippen LogP contribution is -1.98. The van der Waals surface area contributed by atoms with Gasteiger partial charge in [-0.1, -0.05) is 23.8 Å². The third kappa shape index (κ3) is 2.76. The molecule has 0 fully saturated rings. The van der Waals surface area contributed by atoms with Gasteiger partial charge in [0.2, 0.25) is 0 Å². The number of hydrogen-bond donors (Lipinski definition) is 1. The van der Waals surface area contributed by atoms with E-state index < -0.39 is 0 Å². The Kier molecular flexibility index (Phi) is 3.22. The van der Waals surface area contributed by atoms with Crippen LogP contribution in [0.15, 0.2) is 42.5 Å². The maximum atomic E-state index is 4.64. The highest BCUT2D eigenvalue weighted by Crippen LogP contribution is 2.23. The number of rotatable bonds is 3. The van der Waals surface area contributed by atoms with Crippen molar-refractivity contribution >= 4 is 27.2 Å². The summed E-state index contributed by atoms with van der Waals surface area (Å²) in [6.07, 6.45) is 0. The molecule has 0 saturated heterocycles. The molecular formula is C16H16N2S. The van der Waals surface area contributed by atoms with Crippen LogP contribution >= 0.6 is 11.3 Å². The van der Waals surface area contributed by atoms with E-state index >= 15 is 0 Å². The molecule has 0 unspecified atom stereocenters. The monoisotopic (exact) mass is 268 g/mol. The molecule has 0 radical (unpaired) electrons. The number of nitrogens with zero attached hydrogens (tertiary/aromatic N) is 1. The van der Waals surface area contributed by atoms with Crippen LogP contribution in [0.3, 0.4) is 0 Å². The zero-order valence-corrected chi connectivity index (χ0v) is 11.9. The van der Waals surface area contributed by atoms with E-state index in [0.717, 1.165) is 22.8 Å². The molecule has 2 nitrogen and oxygen atoms in total. The minimum atomic E-state index is 0.779. The first-order valence-corrected chi connectivity index (χ1v) is 7.19. The number of anilines is 1. The maximum absolute atomic E-state index is 4.64. The van der Waals surface area contributed by atoms with Crippen LogP contribution in [-0.4, -0.2) is 4.98 Å². The van der Waals surface area contributed by atoms with Crippen molar-refractivity contribution in [3.8, 4) is 0 Å². The van der Waals surface area contributed by atoms with Gasteiger partial charge in [-0.3, -0.25) is 0 Å². The number of nitrogens with one attached hydrogen (secondary N) is 1. The van der Waals surface area contributed by atoms with Gasteiger partial charge >= 0.3 is 0 Å². The topological polar surface area (TPSA) is 24.9 Å². The summed E-state index contributed by atoms with van der Waals surface area (Å²) in [7, 11) is 0. The van der Waals surface area contributed by atoms with Gasteiger partial charge < -0.3 is 5.32 Å². The minimum Gasteiger partial charge on any atom is -0.379 e. The van der Waals surface area contributed by atoms with Crippen LogP contribution in [-0.2, 0) is 6.54 Å². The number of aromatic nitrogens is 1. The molecule has 0 amide bonds. The van der Waals surface area contributed by atoms with Gasteiger partial charge in [0.15, 0.2) is 0 Å². The molecule has 0 aliphatic carbocycles. The zero-order chi connectivity index (χ0) is 13.2. The average molecular weight is 268 g/mol. The Morgan fingerprint density at radius 1 is 1.00 bits per heavy atom. The number of fused-ring (bicyclic) bond motifs is 1. The predicted molar refractivity (Wildman–Crippen MR) is 82.9 cm³/mol. The van der Waals surface area contributed by atoms with Crippen molar-refractivity contribution in [3.63, 3.8) is 0 Å². The Labute approximate surface area is 117 Å². The summed E-state index contributed by atoms with van der Waals surface area (Å²) in [6, 6.07) is 14.8. The zero-order valence-electron chi connectivity index (χ0n) is 11.1. The first-order chi connectivity index (χ1) is 9.20. The largest absolute Gasteiger partial charge is 0.379 e. The van der Waals surface area contributed by atoms with E-state index in [1.54, 1.807) is 11.3 Å². The number of thiazole rings is 1. The Morgan fingerprint density at radius 3 is 2.53 bits per heavy atom. The Balaban J connectivity index is 1.76. The van der Waals surface area contributed by atoms with Gasteiger partial charge in [0.05, 0.1) is 16.8 Å². The summed E-state index contributed by atoms with van der Waals surface area (Å²) in [5, 5.41) is 4.54. The van der Waals surface area contributed by atoms with Crippen molar-refractivity contribution in [2.75, 3.05) is 5.32 Å². The summed E-state index contributed by atoms with van der Waals surface area (Å²) in [6.45, 7) is 4.99. The SMILES string of the molecule is Cc1ccc(NCc2nc3ccc(C)cc3s2)cc1. The molecular weight excluding hydrogens is 252 g/mol. The molecule has 0 bridgehead atoms. The van der Waals surface area contributed by atoms with Crippen LogP contribution in [0.1, 0.15) is 16.1 Å². The number of hydrogen-bond acceptors (Lipinski definition) is 3. The van der Waals surface area contributed by atoms with Crippen molar-refractivity contribution in [1.29, 1.82) is 0 Å². The summed E-state index contributed by atoms with van der Waals surface area (Å²) in [4.78, 5) is 4.64. The second-order valence-corrected chi connectivity index (χ2v) is 5.91. The predicted octanol–water partition coefficient (Wildman–Crippen LogP) is 4.53. The van der Waals surface area contributed by atoms with Crippen LogP contribution in [0.2, 0.25) is 0 Å². The lowest BCUT2D eigenvalue weighted by molar-refractivity contribution is 1.12. The molecule has 1 N–H and O–H groups in total. The van der Waals surface area contributed by atoms with E-state index in [1.165, 1.54) is 15.8 Å². The van der Waals surface area contributed by atoms with Crippen LogP contribution in [0.25, 0.3) is 10.2 Å². The fraction of sp³-hybridized carbons (Fsp3) is 0.188. The van der Waals surface area contributed by atoms with Gasteiger partial charge in [0, 0.05) is 5.69 Å². The van der Waals surface area contributed by atoms with E-state index in [0.29, 0.717) is 0 Å². The summed E-state index contributed by atoms with van der Waals surface area (Å²) < 4.78 is 1.26. The molecule has 96 valence electrons. The highest BCUT2D eigenvalue weighted by Gasteiger charge is 2.03. The Hall–Kier alpha value is -1.87. The molecule has 2 aromatic carbocycles. The third-order valence-electron chi connectivity index (χ3n) is 3.08. The van der Waals surface area contributed by atoms with E-state index in [2.05, 4.69) is 66.6 Å². The quantitative estimate of drug-likeness (QED) is 0.755. The minimum absolute atomic E-state index is 0.779. The second kappa shape index (κ2) is 5.02. The molecule has 1 heterocycles. The van der Waals surface area contributed by atoms with Crippen LogP contribution in [0.4, 0.5) is 5.69 Å². The molecule has 0 spiro atoms. The lowest BCUT2D eigenvalue weighted by Gasteiger charge is -2.03. The number of benzene rings is 2. The van der Waals surface area contributed by atoms with E-state index in [4.69, 9.17) is 0 Å². The Morgan fingerprint density at radius 2 is 1.74 bits per heavy atom. The van der Waals surface area contributed by atoms with Crippen molar-refractivity contribution in [2.24, 2.45) is 0 Å². The molecule has 0 aliphatic rings. The average Bonchev–Trinajstić information content (AvgIpc) is 2.80. The van der Waals surface area contributed by atoms with Gasteiger partial charge in [-0.25, -0.2) is 4.98 Å². The molecule has 3 heteroatoms. The highest BCUT2D eigenvalue weighted by atomic mass is 32.1. The van der Waals surface area contributed by atoms with E-state index in [1.807, 2.05) is 0 Å². The standard InChI is InChI=1S/C16H16N2S/c1-11-3-6-13(7-4-11)17-10-16-18-14-8-5-12(2)9-15(14)19-16/h3-9,17H,10H2,1-2H3. The first kappa shape index (κ1) is 12.2. The normalized spacial score (nSPS) is 10.8. The third-order valence-corrected chi connectivity index (χ3v) is 4.10. The lowest BCUT2D eigenvalue weighted by atomic mass is 10.2. The van der Waals surface area contributed by atoms with Crippen LogP contribution in [0.5, 0.6) is 0 Å². The summed E-state index contributed by atoms with van der Waals surface area (Å²) in [5.41, 5.74) is 4.80. The molecule has 1 aromatic heterocycles. The molecule has 0 aliphatic heterocycles. The van der Waals surface area contributed by atoms with Gasteiger partial charge in [0.1, 0.15) is 5.01 Å². The summed E-state index contributed by atoms with van der Waals surface area (Å²) in [5.74, 6) is 0. The maximum Gasteiger partial charge on any atom is 0.113 e. The highest BCUT2D eigenvalue weighted by molar-refractivity contribution is 7.18. The van der Waals surface area contributed by atoms with E-state index in [9.17, 15) is 0 Å². The smallest absolute Gasteiger partial charge is 0.113 e. The van der Waals surface area contributed by atoms with Crippen molar-refractivity contribution in [2.45, 2.75) is 20.4 Å². The first-order valence-electron chi connectivity index (χ1n) is 6.37. The fourth-order valence-corrected chi connectivity index (χ4v) is 3.01. The van der Waals surface area contributed by atoms with Crippen molar-refractivity contribution in [3.05, 3.63) is 58.6 Å². The molecule has 0 saturated carbocycles. The molecule has 3 rings (SSSR count). The van der Waals surface area contributed by atoms with Gasteiger partial charge in [-0.15, -0.1) is 11.3 Å². The van der Waals surface area contributed by atoms with Crippen molar-refractivity contribution < 1.29 is 0 Å². The molecule has 0 atom stereocenters. The van der Waals surface area contributed by atoms with E-state index in [-0.39, 0.29) is 0 Å². The molecule has 19 heavy (non-hydrogen) atoms. The number of aryl methyl sites for hydroxylation is 2. The van der Waals surface area contributed by atoms with Gasteiger partial charge in [-0.05, 0) is 43.7 Å². The second-order valence-electron chi connectivity index (χ2n) is 4.80. The van der Waals surface area contributed by atoms with Gasteiger partial charge in [0.25, 0.3) is 0 Å². The molecule has 3 aromatic rings. The fourth-order valence-electron chi connectivity index (χ4n) is 2.00.